The summed E-state index contributed by atoms with van der Waals surface area (Å²) in [5.41, 5.74) is 2.45. The molecule has 1 aromatic rings. The Labute approximate surface area is 409 Å². The smallest absolute Gasteiger partial charge is 0.242 e. The van der Waals surface area contributed by atoms with Crippen molar-refractivity contribution < 1.29 is 88.1 Å². The first-order valence-electron chi connectivity index (χ1n) is 24.4. The number of anilines is 1. The van der Waals surface area contributed by atoms with Crippen LogP contribution in [0.4, 0.5) is 5.69 Å². The second kappa shape index (κ2) is 33.7. The fourth-order valence-electron chi connectivity index (χ4n) is 7.84. The monoisotopic (exact) mass is 1000 g/mol. The minimum absolute atomic E-state index is 0.00575. The highest BCUT2D eigenvalue weighted by Crippen LogP contribution is 2.27. The maximum absolute atomic E-state index is 13.3. The number of amides is 5. The van der Waals surface area contributed by atoms with Crippen LogP contribution in [-0.2, 0) is 65.4 Å². The summed E-state index contributed by atoms with van der Waals surface area (Å²) in [7, 11) is 0. The number of carbonyl (C=O) groups excluding carboxylic acids is 5. The van der Waals surface area contributed by atoms with Gasteiger partial charge in [0.15, 0.2) is 12.6 Å². The fourth-order valence-corrected chi connectivity index (χ4v) is 7.84. The summed E-state index contributed by atoms with van der Waals surface area (Å²) in [6.45, 7) is 4.20. The summed E-state index contributed by atoms with van der Waals surface area (Å²) in [6.07, 6.45) is -3.65. The van der Waals surface area contributed by atoms with Gasteiger partial charge in [-0.3, -0.25) is 24.0 Å². The minimum atomic E-state index is -1.47. The summed E-state index contributed by atoms with van der Waals surface area (Å²) in [5, 5.41) is 82.8. The van der Waals surface area contributed by atoms with Gasteiger partial charge in [0, 0.05) is 50.9 Å². The van der Waals surface area contributed by atoms with Crippen LogP contribution < -0.4 is 26.6 Å². The van der Waals surface area contributed by atoms with Crippen molar-refractivity contribution in [3.8, 4) is 0 Å². The predicted molar refractivity (Wildman–Crippen MR) is 250 cm³/mol. The Bertz CT molecular complexity index is 1690. The van der Waals surface area contributed by atoms with E-state index in [0.29, 0.717) is 24.9 Å². The van der Waals surface area contributed by atoms with Gasteiger partial charge in [-0.15, -0.1) is 0 Å². The van der Waals surface area contributed by atoms with Gasteiger partial charge in [-0.25, -0.2) is 0 Å². The zero-order valence-corrected chi connectivity index (χ0v) is 40.8. The van der Waals surface area contributed by atoms with Crippen LogP contribution in [0, 0.1) is 5.92 Å². The van der Waals surface area contributed by atoms with Crippen LogP contribution in [0.2, 0.25) is 0 Å². The molecule has 70 heavy (non-hydrogen) atoms. The highest BCUT2D eigenvalue weighted by molar-refractivity contribution is 5.91. The van der Waals surface area contributed by atoms with E-state index < -0.39 is 92.2 Å². The molecular formula is C47H79N5O18. The topological polar surface area (TPSA) is 342 Å². The third kappa shape index (κ3) is 21.8. The molecule has 400 valence electrons. The summed E-state index contributed by atoms with van der Waals surface area (Å²) >= 11 is 0. The standard InChI is InChI=1S/C47H79N5O18/c1-4-31-23-32(26-53)25-33(24-31)51-38(58)11-9-7-5-6-8-10-12-39(59)52-34(13-14-37(57)48-15-17-65-19-21-67-46-29(2)41(60)42(61)35(27-54)69-46)45(64)49-16-18-66-20-22-68-47-40(50-30(3)56)44(63)43(62)36(28-55)70-47/h23-25,29,34-36,40-44,46-47,53-55,60-63H,4-22,26-28H2,1-3H3,(H,48,57)(H,49,64)(H,50,56)(H,51,58)(H,52,59)/t29-,34-,35-,36-,40-,41-,42+,43+,44-,46?,47?/m1/s1. The number of hydrogen-bond acceptors (Lipinski definition) is 18. The Balaban J connectivity index is 1.39. The molecule has 2 heterocycles. The molecule has 0 aromatic heterocycles. The van der Waals surface area contributed by atoms with Crippen molar-refractivity contribution in [3.05, 3.63) is 29.3 Å². The van der Waals surface area contributed by atoms with Crippen LogP contribution in [0.3, 0.4) is 0 Å². The second-order valence-electron chi connectivity index (χ2n) is 17.5. The number of aryl methyl sites for hydroxylation is 1. The Morgan fingerprint density at radius 2 is 1.20 bits per heavy atom. The van der Waals surface area contributed by atoms with E-state index >= 15 is 0 Å². The lowest BCUT2D eigenvalue weighted by Gasteiger charge is -2.42. The number of carbonyl (C=O) groups is 5. The van der Waals surface area contributed by atoms with E-state index in [1.54, 1.807) is 13.0 Å². The van der Waals surface area contributed by atoms with Gasteiger partial charge >= 0.3 is 0 Å². The van der Waals surface area contributed by atoms with Crippen LogP contribution in [0.15, 0.2) is 18.2 Å². The minimum Gasteiger partial charge on any atom is -0.394 e. The molecule has 1 aromatic carbocycles. The molecule has 23 nitrogen and oxygen atoms in total. The average molecular weight is 1000 g/mol. The highest BCUT2D eigenvalue weighted by Gasteiger charge is 2.45. The molecule has 0 radical (unpaired) electrons. The van der Waals surface area contributed by atoms with Crippen LogP contribution in [0.5, 0.6) is 0 Å². The predicted octanol–water partition coefficient (Wildman–Crippen LogP) is -1.62. The van der Waals surface area contributed by atoms with Gasteiger partial charge in [-0.1, -0.05) is 45.6 Å². The maximum atomic E-state index is 13.3. The van der Waals surface area contributed by atoms with Crippen molar-refractivity contribution in [2.75, 3.05) is 71.3 Å². The molecule has 0 spiro atoms. The van der Waals surface area contributed by atoms with Crippen molar-refractivity contribution in [1.82, 2.24) is 21.3 Å². The summed E-state index contributed by atoms with van der Waals surface area (Å²) in [4.78, 5) is 63.3. The molecule has 2 saturated heterocycles. The third-order valence-electron chi connectivity index (χ3n) is 11.9. The number of hydrogen-bond donors (Lipinski definition) is 12. The van der Waals surface area contributed by atoms with Crippen molar-refractivity contribution in [3.63, 3.8) is 0 Å². The van der Waals surface area contributed by atoms with Crippen molar-refractivity contribution in [2.45, 2.75) is 159 Å². The van der Waals surface area contributed by atoms with E-state index in [1.807, 2.05) is 19.1 Å². The largest absolute Gasteiger partial charge is 0.394 e. The quantitative estimate of drug-likeness (QED) is 0.0345. The van der Waals surface area contributed by atoms with Gasteiger partial charge in [-0.2, -0.15) is 0 Å². The molecule has 3 rings (SSSR count). The Hall–Kier alpha value is -3.95. The molecule has 2 aliphatic heterocycles. The molecule has 2 aliphatic rings. The first kappa shape index (κ1) is 60.4. The maximum Gasteiger partial charge on any atom is 0.242 e. The van der Waals surface area contributed by atoms with Gasteiger partial charge < -0.3 is 90.8 Å². The first-order chi connectivity index (χ1) is 33.6. The van der Waals surface area contributed by atoms with E-state index in [-0.39, 0.29) is 96.3 Å². The van der Waals surface area contributed by atoms with Gasteiger partial charge in [0.2, 0.25) is 29.5 Å². The molecular weight excluding hydrogens is 923 g/mol. The van der Waals surface area contributed by atoms with Gasteiger partial charge in [0.05, 0.1) is 65.6 Å². The molecule has 11 atom stereocenters. The van der Waals surface area contributed by atoms with E-state index in [4.69, 9.17) is 28.4 Å². The lowest BCUT2D eigenvalue weighted by atomic mass is 9.92. The summed E-state index contributed by atoms with van der Waals surface area (Å²) in [6, 6.07) is 3.43. The number of rotatable bonds is 34. The van der Waals surface area contributed by atoms with Gasteiger partial charge in [0.1, 0.15) is 42.6 Å². The number of benzene rings is 1. The highest BCUT2D eigenvalue weighted by atomic mass is 16.7. The average Bonchev–Trinajstić information content (AvgIpc) is 3.34. The molecule has 5 amide bonds. The molecule has 0 saturated carbocycles. The van der Waals surface area contributed by atoms with Crippen LogP contribution in [0.1, 0.15) is 96.1 Å². The number of ether oxygens (including phenoxy) is 6. The van der Waals surface area contributed by atoms with Crippen molar-refractivity contribution in [2.24, 2.45) is 5.92 Å². The zero-order valence-electron chi connectivity index (χ0n) is 40.8. The van der Waals surface area contributed by atoms with Crippen molar-refractivity contribution >= 4 is 35.2 Å². The number of nitrogens with one attached hydrogen (secondary N) is 5. The Kier molecular flexibility index (Phi) is 29.0. The number of aliphatic hydroxyl groups is 7. The van der Waals surface area contributed by atoms with Gasteiger partial charge in [-0.05, 0) is 48.9 Å². The van der Waals surface area contributed by atoms with Crippen molar-refractivity contribution in [1.29, 1.82) is 0 Å². The second-order valence-corrected chi connectivity index (χ2v) is 17.5. The SMILES string of the molecule is CCc1cc(CO)cc(NC(=O)CCCCCCCCC(=O)N[C@H](CCC(=O)NCCOCCOC2O[C@H](CO)[C@H](O)[C@H](O)[C@H]2C)C(=O)NCCOCCOC2O[C@H](CO)[C@H](O)[C@H](O)[C@H]2NC(C)=O)c1. The van der Waals surface area contributed by atoms with E-state index in [9.17, 15) is 59.7 Å². The summed E-state index contributed by atoms with van der Waals surface area (Å²) < 4.78 is 33.4. The van der Waals surface area contributed by atoms with Crippen LogP contribution >= 0.6 is 0 Å². The van der Waals surface area contributed by atoms with Crippen LogP contribution in [0.25, 0.3) is 0 Å². The normalized spacial score (nSPS) is 24.9. The number of aliphatic hydroxyl groups excluding tert-OH is 7. The lowest BCUT2D eigenvalue weighted by Crippen LogP contribution is -2.64. The molecule has 23 heteroatoms. The van der Waals surface area contributed by atoms with Crippen LogP contribution in [-0.4, -0.2) is 193 Å². The first-order valence-corrected chi connectivity index (χ1v) is 24.4. The van der Waals surface area contributed by atoms with E-state index in [2.05, 4.69) is 26.6 Å². The Morgan fingerprint density at radius 3 is 1.80 bits per heavy atom. The van der Waals surface area contributed by atoms with E-state index in [0.717, 1.165) is 43.2 Å². The van der Waals surface area contributed by atoms with E-state index in [1.165, 1.54) is 6.92 Å². The Morgan fingerprint density at radius 1 is 0.643 bits per heavy atom. The lowest BCUT2D eigenvalue weighted by molar-refractivity contribution is -0.284. The number of unbranched alkanes of at least 4 members (excludes halogenated alkanes) is 5. The fraction of sp³-hybridized carbons (Fsp3) is 0.766. The summed E-state index contributed by atoms with van der Waals surface area (Å²) in [5.74, 6) is -2.40. The van der Waals surface area contributed by atoms with Gasteiger partial charge in [0.25, 0.3) is 0 Å². The third-order valence-corrected chi connectivity index (χ3v) is 11.9. The zero-order chi connectivity index (χ0) is 51.4. The molecule has 2 unspecified atom stereocenters. The molecule has 0 bridgehead atoms. The molecule has 2 fully saturated rings. The molecule has 12 N–H and O–H groups in total. The molecule has 0 aliphatic carbocycles.